The van der Waals surface area contributed by atoms with Gasteiger partial charge in [0.15, 0.2) is 0 Å². The van der Waals surface area contributed by atoms with Crippen LogP contribution in [0.4, 0.5) is 0 Å². The van der Waals surface area contributed by atoms with Gasteiger partial charge in [-0.15, -0.1) is 0 Å². The molecule has 0 spiro atoms. The number of carbonyl (C=O) groups excluding carboxylic acids is 1. The van der Waals surface area contributed by atoms with E-state index >= 15 is 0 Å². The average molecular weight is 332 g/mol. The molecule has 0 bridgehead atoms. The third-order valence-electron chi connectivity index (χ3n) is 3.48. The summed E-state index contributed by atoms with van der Waals surface area (Å²) in [6, 6.07) is 4.41. The van der Waals surface area contributed by atoms with Crippen molar-refractivity contribution in [3.8, 4) is 5.75 Å². The highest BCUT2D eigenvalue weighted by molar-refractivity contribution is 8.13. The van der Waals surface area contributed by atoms with Crippen LogP contribution in [0.1, 0.15) is 37.0 Å². The number of carbonyl (C=O) groups is 1. The predicted molar refractivity (Wildman–Crippen MR) is 80.3 cm³/mol. The highest BCUT2D eigenvalue weighted by atomic mass is 35.7. The molecular formula is C14H18ClNO4S. The molecule has 1 N–H and O–H groups in total. The average Bonchev–Trinajstić information content (AvgIpc) is 2.36. The van der Waals surface area contributed by atoms with E-state index in [1.54, 1.807) is 6.92 Å². The van der Waals surface area contributed by atoms with Crippen molar-refractivity contribution in [1.29, 1.82) is 0 Å². The van der Waals surface area contributed by atoms with Gasteiger partial charge in [0.05, 0.1) is 6.61 Å². The molecule has 116 valence electrons. The number of nitrogens with one attached hydrogen (secondary N) is 1. The Morgan fingerprint density at radius 2 is 2.10 bits per heavy atom. The molecule has 5 nitrogen and oxygen atoms in total. The third-order valence-corrected chi connectivity index (χ3v) is 4.82. The molecule has 0 heterocycles. The van der Waals surface area contributed by atoms with Crippen LogP contribution >= 0.6 is 10.7 Å². The summed E-state index contributed by atoms with van der Waals surface area (Å²) in [6.45, 7) is 4.17. The van der Waals surface area contributed by atoms with Gasteiger partial charge in [0.25, 0.3) is 15.0 Å². The Bertz CT molecular complexity index is 638. The van der Waals surface area contributed by atoms with Gasteiger partial charge in [-0.2, -0.15) is 0 Å². The van der Waals surface area contributed by atoms with Crippen LogP contribution in [0.5, 0.6) is 5.75 Å². The number of amides is 1. The van der Waals surface area contributed by atoms with Crippen molar-refractivity contribution in [1.82, 2.24) is 5.32 Å². The second-order valence-corrected chi connectivity index (χ2v) is 7.81. The molecule has 7 heteroatoms. The minimum absolute atomic E-state index is 0.154. The van der Waals surface area contributed by atoms with Crippen molar-refractivity contribution < 1.29 is 17.9 Å². The highest BCUT2D eigenvalue weighted by Crippen LogP contribution is 2.29. The number of hydrogen-bond donors (Lipinski definition) is 1. The minimum atomic E-state index is -3.97. The molecule has 1 amide bonds. The maximum Gasteiger partial charge on any atom is 0.265 e. The van der Waals surface area contributed by atoms with Crippen molar-refractivity contribution >= 4 is 25.6 Å². The molecular weight excluding hydrogens is 314 g/mol. The fourth-order valence-corrected chi connectivity index (χ4v) is 3.40. The van der Waals surface area contributed by atoms with E-state index in [9.17, 15) is 13.2 Å². The van der Waals surface area contributed by atoms with Gasteiger partial charge in [-0.1, -0.05) is 6.92 Å². The van der Waals surface area contributed by atoms with Gasteiger partial charge >= 0.3 is 0 Å². The largest absolute Gasteiger partial charge is 0.492 e. The second kappa shape index (κ2) is 6.23. The first-order valence-electron chi connectivity index (χ1n) is 6.83. The first kappa shape index (κ1) is 16.1. The van der Waals surface area contributed by atoms with Crippen LogP contribution in [0.3, 0.4) is 0 Å². The third kappa shape index (κ3) is 3.89. The van der Waals surface area contributed by atoms with Crippen LogP contribution < -0.4 is 10.1 Å². The SMILES string of the molecule is CCOc1ccc(C(=O)NC2CC(C)C2)cc1S(=O)(=O)Cl. The van der Waals surface area contributed by atoms with E-state index in [-0.39, 0.29) is 28.2 Å². The van der Waals surface area contributed by atoms with E-state index in [0.717, 1.165) is 12.8 Å². The Morgan fingerprint density at radius 1 is 1.43 bits per heavy atom. The molecule has 2 rings (SSSR count). The Morgan fingerprint density at radius 3 is 2.62 bits per heavy atom. The van der Waals surface area contributed by atoms with Gasteiger partial charge in [0.2, 0.25) is 0 Å². The van der Waals surface area contributed by atoms with E-state index in [0.29, 0.717) is 12.5 Å². The minimum Gasteiger partial charge on any atom is -0.492 e. The lowest BCUT2D eigenvalue weighted by Gasteiger charge is -2.33. The summed E-state index contributed by atoms with van der Waals surface area (Å²) < 4.78 is 28.4. The fraction of sp³-hybridized carbons (Fsp3) is 0.500. The number of halogens is 1. The topological polar surface area (TPSA) is 72.5 Å². The van der Waals surface area contributed by atoms with Crippen LogP contribution in [0.25, 0.3) is 0 Å². The molecule has 1 aliphatic rings. The summed E-state index contributed by atoms with van der Waals surface area (Å²) in [4.78, 5) is 11.9. The van der Waals surface area contributed by atoms with Crippen molar-refractivity contribution in [2.45, 2.75) is 37.6 Å². The molecule has 1 aliphatic carbocycles. The van der Waals surface area contributed by atoms with Gasteiger partial charge in [-0.3, -0.25) is 4.79 Å². The predicted octanol–water partition coefficient (Wildman–Crippen LogP) is 2.54. The summed E-state index contributed by atoms with van der Waals surface area (Å²) >= 11 is 0. The molecule has 0 atom stereocenters. The summed E-state index contributed by atoms with van der Waals surface area (Å²) in [5.74, 6) is 0.479. The van der Waals surface area contributed by atoms with Crippen LogP contribution in [-0.4, -0.2) is 27.0 Å². The Hall–Kier alpha value is -1.27. The fourth-order valence-electron chi connectivity index (χ4n) is 2.40. The molecule has 1 saturated carbocycles. The maximum absolute atomic E-state index is 12.1. The normalized spacial score (nSPS) is 21.5. The van der Waals surface area contributed by atoms with E-state index in [4.69, 9.17) is 15.4 Å². The van der Waals surface area contributed by atoms with Crippen LogP contribution in [0, 0.1) is 5.92 Å². The molecule has 0 unspecified atom stereocenters. The molecule has 0 radical (unpaired) electrons. The van der Waals surface area contributed by atoms with Gasteiger partial charge in [0, 0.05) is 22.3 Å². The Kier molecular flexibility index (Phi) is 4.78. The summed E-state index contributed by atoms with van der Waals surface area (Å²) in [5.41, 5.74) is 0.261. The van der Waals surface area contributed by atoms with Crippen molar-refractivity contribution in [3.05, 3.63) is 23.8 Å². The molecule has 21 heavy (non-hydrogen) atoms. The molecule has 1 aromatic rings. The second-order valence-electron chi connectivity index (χ2n) is 5.28. The number of benzene rings is 1. The Balaban J connectivity index is 2.22. The zero-order chi connectivity index (χ0) is 15.6. The van der Waals surface area contributed by atoms with Crippen molar-refractivity contribution in [3.63, 3.8) is 0 Å². The monoisotopic (exact) mass is 331 g/mol. The van der Waals surface area contributed by atoms with Crippen LogP contribution in [-0.2, 0) is 9.05 Å². The van der Waals surface area contributed by atoms with E-state index in [1.165, 1.54) is 18.2 Å². The standard InChI is InChI=1S/C14H18ClNO4S/c1-3-20-12-5-4-10(8-13(12)21(15,18)19)14(17)16-11-6-9(2)7-11/h4-5,8-9,11H,3,6-7H2,1-2H3,(H,16,17). The first-order chi connectivity index (χ1) is 9.81. The lowest BCUT2D eigenvalue weighted by Crippen LogP contribution is -2.43. The lowest BCUT2D eigenvalue weighted by molar-refractivity contribution is 0.0896. The lowest BCUT2D eigenvalue weighted by atomic mass is 9.82. The van der Waals surface area contributed by atoms with Crippen molar-refractivity contribution in [2.75, 3.05) is 6.61 Å². The summed E-state index contributed by atoms with van der Waals surface area (Å²) in [6.07, 6.45) is 1.90. The quantitative estimate of drug-likeness (QED) is 0.841. The maximum atomic E-state index is 12.1. The molecule has 1 fully saturated rings. The molecule has 1 aromatic carbocycles. The number of rotatable bonds is 5. The first-order valence-corrected chi connectivity index (χ1v) is 9.14. The van der Waals surface area contributed by atoms with Crippen LogP contribution in [0.15, 0.2) is 23.1 Å². The van der Waals surface area contributed by atoms with Crippen molar-refractivity contribution in [2.24, 2.45) is 5.92 Å². The van der Waals surface area contributed by atoms with Gasteiger partial charge in [0.1, 0.15) is 10.6 Å². The van der Waals surface area contributed by atoms with E-state index in [2.05, 4.69) is 12.2 Å². The van der Waals surface area contributed by atoms with Gasteiger partial charge in [-0.05, 0) is 43.9 Å². The zero-order valence-electron chi connectivity index (χ0n) is 11.9. The van der Waals surface area contributed by atoms with Gasteiger partial charge in [-0.25, -0.2) is 8.42 Å². The van der Waals surface area contributed by atoms with E-state index in [1.807, 2.05) is 0 Å². The summed E-state index contributed by atoms with van der Waals surface area (Å²) in [7, 11) is 1.43. The summed E-state index contributed by atoms with van der Waals surface area (Å²) in [5, 5.41) is 2.88. The molecule has 0 aliphatic heterocycles. The van der Waals surface area contributed by atoms with Gasteiger partial charge < -0.3 is 10.1 Å². The molecule has 0 saturated heterocycles. The zero-order valence-corrected chi connectivity index (χ0v) is 13.5. The molecule has 0 aromatic heterocycles. The Labute approximate surface area is 129 Å². The smallest absolute Gasteiger partial charge is 0.265 e. The number of ether oxygens (including phenoxy) is 1. The number of hydrogen-bond acceptors (Lipinski definition) is 4. The highest BCUT2D eigenvalue weighted by Gasteiger charge is 2.27. The van der Waals surface area contributed by atoms with E-state index < -0.39 is 9.05 Å². The van der Waals surface area contributed by atoms with Crippen LogP contribution in [0.2, 0.25) is 0 Å².